The van der Waals surface area contributed by atoms with Gasteiger partial charge in [-0.25, -0.2) is 19.3 Å². The van der Waals surface area contributed by atoms with Crippen LogP contribution in [0.4, 0.5) is 11.8 Å². The molecule has 0 aliphatic heterocycles. The zero-order valence-electron chi connectivity index (χ0n) is 18.0. The lowest BCUT2D eigenvalue weighted by Crippen LogP contribution is -2.11. The van der Waals surface area contributed by atoms with Crippen molar-refractivity contribution in [3.8, 4) is 22.6 Å². The van der Waals surface area contributed by atoms with Gasteiger partial charge in [-0.3, -0.25) is 0 Å². The maximum absolute atomic E-state index is 12.5. The molecular formula is C24H20N6O2S. The highest BCUT2D eigenvalue weighted by molar-refractivity contribution is 7.15. The summed E-state index contributed by atoms with van der Waals surface area (Å²) >= 11 is 1.49. The van der Waals surface area contributed by atoms with Gasteiger partial charge < -0.3 is 10.1 Å². The largest absolute Gasteiger partial charge is 0.462 e. The van der Waals surface area contributed by atoms with Crippen LogP contribution in [-0.4, -0.2) is 37.1 Å². The van der Waals surface area contributed by atoms with E-state index in [0.717, 1.165) is 27.3 Å². The molecule has 0 unspecified atom stereocenters. The Labute approximate surface area is 193 Å². The van der Waals surface area contributed by atoms with Crippen molar-refractivity contribution in [1.82, 2.24) is 24.6 Å². The van der Waals surface area contributed by atoms with Gasteiger partial charge in [-0.15, -0.1) is 16.4 Å². The predicted molar refractivity (Wildman–Crippen MR) is 128 cm³/mol. The predicted octanol–water partition coefficient (Wildman–Crippen LogP) is 5.14. The molecule has 9 heteroatoms. The van der Waals surface area contributed by atoms with Crippen molar-refractivity contribution < 1.29 is 9.53 Å². The number of esters is 1. The maximum Gasteiger partial charge on any atom is 0.343 e. The van der Waals surface area contributed by atoms with Gasteiger partial charge in [0.2, 0.25) is 10.9 Å². The molecule has 0 saturated heterocycles. The second-order valence-corrected chi connectivity index (χ2v) is 8.12. The van der Waals surface area contributed by atoms with Crippen LogP contribution < -0.4 is 5.32 Å². The number of carbonyl (C=O) groups is 1. The third-order valence-electron chi connectivity index (χ3n) is 4.94. The normalized spacial score (nSPS) is 11.0. The molecule has 3 heterocycles. The molecule has 0 bridgehead atoms. The van der Waals surface area contributed by atoms with Gasteiger partial charge in [0.25, 0.3) is 0 Å². The van der Waals surface area contributed by atoms with Gasteiger partial charge in [0.1, 0.15) is 5.56 Å². The highest BCUT2D eigenvalue weighted by Crippen LogP contribution is 2.27. The van der Waals surface area contributed by atoms with E-state index < -0.39 is 5.97 Å². The van der Waals surface area contributed by atoms with E-state index in [1.54, 1.807) is 11.4 Å². The fraction of sp³-hybridized carbons (Fsp3) is 0.125. The Kier molecular flexibility index (Phi) is 5.54. The first-order valence-corrected chi connectivity index (χ1v) is 11.3. The van der Waals surface area contributed by atoms with E-state index in [-0.39, 0.29) is 12.2 Å². The lowest BCUT2D eigenvalue weighted by atomic mass is 10.1. The van der Waals surface area contributed by atoms with Crippen molar-refractivity contribution >= 4 is 34.0 Å². The van der Waals surface area contributed by atoms with E-state index in [2.05, 4.69) is 25.4 Å². The smallest absolute Gasteiger partial charge is 0.343 e. The Balaban J connectivity index is 1.54. The standard InChI is InChI=1S/C24H20N6O2S/c1-3-32-22(31)18-13-25-20(17-11-7-8-15(2)12-17)26-21(18)27-23-28-24-30(29-23)19(14-33-24)16-9-5-4-6-10-16/h4-14H,3H2,1-2H3,(H,25,26,27,29). The first-order chi connectivity index (χ1) is 16.1. The van der Waals surface area contributed by atoms with Gasteiger partial charge in [0.05, 0.1) is 12.3 Å². The van der Waals surface area contributed by atoms with Gasteiger partial charge in [-0.2, -0.15) is 4.98 Å². The van der Waals surface area contributed by atoms with Gasteiger partial charge in [-0.1, -0.05) is 54.1 Å². The SMILES string of the molecule is CCOC(=O)c1cnc(-c2cccc(C)c2)nc1Nc1nc2scc(-c3ccccc3)n2n1. The Morgan fingerprint density at radius 1 is 1.09 bits per heavy atom. The van der Waals surface area contributed by atoms with Crippen molar-refractivity contribution in [1.29, 1.82) is 0 Å². The van der Waals surface area contributed by atoms with Crippen molar-refractivity contribution in [3.05, 3.63) is 77.3 Å². The van der Waals surface area contributed by atoms with Crippen molar-refractivity contribution in [3.63, 3.8) is 0 Å². The third kappa shape index (κ3) is 4.18. The van der Waals surface area contributed by atoms with E-state index in [1.807, 2.05) is 66.9 Å². The molecule has 0 radical (unpaired) electrons. The summed E-state index contributed by atoms with van der Waals surface area (Å²) in [4.78, 5) is 26.8. The van der Waals surface area contributed by atoms with Gasteiger partial charge in [0, 0.05) is 22.7 Å². The van der Waals surface area contributed by atoms with Crippen LogP contribution in [0.3, 0.4) is 0 Å². The second kappa shape index (κ2) is 8.79. The number of hydrogen-bond donors (Lipinski definition) is 1. The molecule has 0 atom stereocenters. The zero-order chi connectivity index (χ0) is 22.8. The molecule has 2 aromatic carbocycles. The summed E-state index contributed by atoms with van der Waals surface area (Å²) in [7, 11) is 0. The fourth-order valence-electron chi connectivity index (χ4n) is 3.41. The molecule has 0 aliphatic rings. The molecule has 33 heavy (non-hydrogen) atoms. The number of nitrogens with one attached hydrogen (secondary N) is 1. The maximum atomic E-state index is 12.5. The number of rotatable bonds is 6. The van der Waals surface area contributed by atoms with Crippen LogP contribution in [0, 0.1) is 6.92 Å². The minimum atomic E-state index is -0.512. The average Bonchev–Trinajstić information content (AvgIpc) is 3.40. The molecule has 164 valence electrons. The number of fused-ring (bicyclic) bond motifs is 1. The van der Waals surface area contributed by atoms with Gasteiger partial charge >= 0.3 is 5.97 Å². The summed E-state index contributed by atoms with van der Waals surface area (Å²) in [5, 5.41) is 9.72. The topological polar surface area (TPSA) is 94.3 Å². The first kappa shape index (κ1) is 20.8. The Hall–Kier alpha value is -4.11. The van der Waals surface area contributed by atoms with Crippen LogP contribution in [-0.2, 0) is 4.74 Å². The number of thiazole rings is 1. The summed E-state index contributed by atoms with van der Waals surface area (Å²) in [6, 6.07) is 17.8. The Bertz CT molecular complexity index is 1440. The molecule has 0 aliphatic carbocycles. The lowest BCUT2D eigenvalue weighted by Gasteiger charge is -2.10. The minimum Gasteiger partial charge on any atom is -0.462 e. The van der Waals surface area contributed by atoms with Crippen LogP contribution in [0.2, 0.25) is 0 Å². The van der Waals surface area contributed by atoms with Gasteiger partial charge in [0.15, 0.2) is 11.6 Å². The fourth-order valence-corrected chi connectivity index (χ4v) is 4.24. The van der Waals surface area contributed by atoms with Crippen LogP contribution in [0.5, 0.6) is 0 Å². The molecule has 1 N–H and O–H groups in total. The molecule has 0 saturated carbocycles. The third-order valence-corrected chi connectivity index (χ3v) is 5.76. The van der Waals surface area contributed by atoms with Crippen LogP contribution in [0.15, 0.2) is 66.2 Å². The van der Waals surface area contributed by atoms with E-state index in [1.165, 1.54) is 17.5 Å². The number of aryl methyl sites for hydroxylation is 1. The molecule has 0 fully saturated rings. The highest BCUT2D eigenvalue weighted by atomic mass is 32.1. The van der Waals surface area contributed by atoms with Gasteiger partial charge in [-0.05, 0) is 19.9 Å². The summed E-state index contributed by atoms with van der Waals surface area (Å²) < 4.78 is 6.96. The summed E-state index contributed by atoms with van der Waals surface area (Å²) in [5.74, 6) is 0.597. The number of ether oxygens (including phenoxy) is 1. The molecule has 0 spiro atoms. The van der Waals surface area contributed by atoms with Crippen LogP contribution in [0.25, 0.3) is 27.6 Å². The zero-order valence-corrected chi connectivity index (χ0v) is 18.8. The van der Waals surface area contributed by atoms with Crippen molar-refractivity contribution in [2.24, 2.45) is 0 Å². The molecule has 8 nitrogen and oxygen atoms in total. The summed E-state index contributed by atoms with van der Waals surface area (Å²) in [6.07, 6.45) is 1.47. The van der Waals surface area contributed by atoms with E-state index >= 15 is 0 Å². The molecule has 5 aromatic rings. The monoisotopic (exact) mass is 456 g/mol. The highest BCUT2D eigenvalue weighted by Gasteiger charge is 2.19. The quantitative estimate of drug-likeness (QED) is 0.353. The Morgan fingerprint density at radius 2 is 1.91 bits per heavy atom. The summed E-state index contributed by atoms with van der Waals surface area (Å²) in [5.41, 5.74) is 4.12. The summed E-state index contributed by atoms with van der Waals surface area (Å²) in [6.45, 7) is 4.00. The van der Waals surface area contributed by atoms with Crippen molar-refractivity contribution in [2.45, 2.75) is 13.8 Å². The minimum absolute atomic E-state index is 0.217. The van der Waals surface area contributed by atoms with Crippen LogP contribution >= 0.6 is 11.3 Å². The van der Waals surface area contributed by atoms with Crippen LogP contribution in [0.1, 0.15) is 22.8 Å². The number of hydrogen-bond acceptors (Lipinski definition) is 8. The lowest BCUT2D eigenvalue weighted by molar-refractivity contribution is 0.0526. The number of anilines is 2. The number of nitrogens with zero attached hydrogens (tertiary/aromatic N) is 5. The van der Waals surface area contributed by atoms with Crippen molar-refractivity contribution in [2.75, 3.05) is 11.9 Å². The number of carbonyl (C=O) groups excluding carboxylic acids is 1. The number of aromatic nitrogens is 5. The molecular weight excluding hydrogens is 436 g/mol. The Morgan fingerprint density at radius 3 is 2.70 bits per heavy atom. The van der Waals surface area contributed by atoms with E-state index in [4.69, 9.17) is 4.74 Å². The average molecular weight is 457 g/mol. The van der Waals surface area contributed by atoms with E-state index in [0.29, 0.717) is 17.6 Å². The molecule has 5 rings (SSSR count). The number of benzene rings is 2. The van der Waals surface area contributed by atoms with E-state index in [9.17, 15) is 4.79 Å². The first-order valence-electron chi connectivity index (χ1n) is 10.4. The molecule has 0 amide bonds. The molecule has 3 aromatic heterocycles. The second-order valence-electron chi connectivity index (χ2n) is 7.29.